The summed E-state index contributed by atoms with van der Waals surface area (Å²) in [6, 6.07) is 8.26. The average Bonchev–Trinajstić information content (AvgIpc) is 2.68. The fourth-order valence-corrected chi connectivity index (χ4v) is 2.33. The molecule has 2 rings (SSSR count). The summed E-state index contributed by atoms with van der Waals surface area (Å²) < 4.78 is 11.5. The molecule has 0 N–H and O–H groups in total. The smallest absolute Gasteiger partial charge is 0.163 e. The first-order valence-electron chi connectivity index (χ1n) is 6.34. The summed E-state index contributed by atoms with van der Waals surface area (Å²) in [5.74, 6) is -0.471. The second kappa shape index (κ2) is 5.21. The fourth-order valence-electron chi connectivity index (χ4n) is 2.33. The Hall–Kier alpha value is -1.19. The molecule has 0 amide bonds. The van der Waals surface area contributed by atoms with Crippen LogP contribution in [0.5, 0.6) is 0 Å². The van der Waals surface area contributed by atoms with Crippen molar-refractivity contribution in [1.29, 1.82) is 0 Å². The SMILES string of the molecule is Cc1ccc(C(CC=O)C2COC(C)(C)O2)cc1. The number of aldehydes is 1. The van der Waals surface area contributed by atoms with Crippen molar-refractivity contribution >= 4 is 6.29 Å². The zero-order valence-electron chi connectivity index (χ0n) is 11.2. The Labute approximate surface area is 108 Å². The van der Waals surface area contributed by atoms with Gasteiger partial charge in [-0.2, -0.15) is 0 Å². The van der Waals surface area contributed by atoms with Gasteiger partial charge < -0.3 is 14.3 Å². The third-order valence-corrected chi connectivity index (χ3v) is 3.33. The zero-order chi connectivity index (χ0) is 13.2. The van der Waals surface area contributed by atoms with E-state index in [0.717, 1.165) is 11.8 Å². The lowest BCUT2D eigenvalue weighted by molar-refractivity contribution is -0.141. The summed E-state index contributed by atoms with van der Waals surface area (Å²) in [4.78, 5) is 10.9. The molecule has 1 aromatic rings. The Bertz CT molecular complexity index is 408. The van der Waals surface area contributed by atoms with Gasteiger partial charge in [-0.3, -0.25) is 0 Å². The number of carbonyl (C=O) groups excluding carboxylic acids is 1. The van der Waals surface area contributed by atoms with Crippen LogP contribution in [0.1, 0.15) is 37.3 Å². The largest absolute Gasteiger partial charge is 0.348 e. The van der Waals surface area contributed by atoms with Gasteiger partial charge in [-0.05, 0) is 26.3 Å². The van der Waals surface area contributed by atoms with Crippen LogP contribution in [-0.4, -0.2) is 24.8 Å². The quantitative estimate of drug-likeness (QED) is 0.769. The highest BCUT2D eigenvalue weighted by molar-refractivity contribution is 5.52. The number of benzene rings is 1. The zero-order valence-corrected chi connectivity index (χ0v) is 11.2. The Morgan fingerprint density at radius 1 is 1.39 bits per heavy atom. The molecular formula is C15H20O3. The third kappa shape index (κ3) is 2.98. The van der Waals surface area contributed by atoms with E-state index in [-0.39, 0.29) is 12.0 Å². The number of hydrogen-bond donors (Lipinski definition) is 0. The molecule has 98 valence electrons. The molecule has 0 bridgehead atoms. The first-order chi connectivity index (χ1) is 8.52. The van der Waals surface area contributed by atoms with Crippen molar-refractivity contribution in [3.63, 3.8) is 0 Å². The molecule has 0 aliphatic carbocycles. The van der Waals surface area contributed by atoms with Gasteiger partial charge in [0.15, 0.2) is 5.79 Å². The Morgan fingerprint density at radius 3 is 2.56 bits per heavy atom. The van der Waals surface area contributed by atoms with E-state index in [1.54, 1.807) is 0 Å². The van der Waals surface area contributed by atoms with E-state index < -0.39 is 5.79 Å². The van der Waals surface area contributed by atoms with E-state index >= 15 is 0 Å². The molecule has 0 saturated carbocycles. The van der Waals surface area contributed by atoms with Crippen LogP contribution in [0.3, 0.4) is 0 Å². The van der Waals surface area contributed by atoms with Crippen LogP contribution in [0.2, 0.25) is 0 Å². The molecule has 1 heterocycles. The van der Waals surface area contributed by atoms with Crippen molar-refractivity contribution in [3.8, 4) is 0 Å². The number of rotatable bonds is 4. The Morgan fingerprint density at radius 2 is 2.06 bits per heavy atom. The van der Waals surface area contributed by atoms with Gasteiger partial charge in [-0.1, -0.05) is 29.8 Å². The van der Waals surface area contributed by atoms with Gasteiger partial charge in [0.1, 0.15) is 6.29 Å². The molecule has 1 aromatic carbocycles. The van der Waals surface area contributed by atoms with Gasteiger partial charge in [0.25, 0.3) is 0 Å². The number of ether oxygens (including phenoxy) is 2. The van der Waals surface area contributed by atoms with Crippen LogP contribution in [0.15, 0.2) is 24.3 Å². The summed E-state index contributed by atoms with van der Waals surface area (Å²) in [5.41, 5.74) is 2.35. The average molecular weight is 248 g/mol. The van der Waals surface area contributed by atoms with Gasteiger partial charge in [-0.25, -0.2) is 0 Å². The summed E-state index contributed by atoms with van der Waals surface area (Å²) in [6.45, 7) is 6.40. The summed E-state index contributed by atoms with van der Waals surface area (Å²) in [5, 5.41) is 0. The summed E-state index contributed by atoms with van der Waals surface area (Å²) in [6.07, 6.45) is 1.37. The number of carbonyl (C=O) groups is 1. The third-order valence-electron chi connectivity index (χ3n) is 3.33. The van der Waals surface area contributed by atoms with Gasteiger partial charge in [-0.15, -0.1) is 0 Å². The second-order valence-corrected chi connectivity index (χ2v) is 5.29. The molecule has 3 nitrogen and oxygen atoms in total. The molecule has 3 heteroatoms. The monoisotopic (exact) mass is 248 g/mol. The summed E-state index contributed by atoms with van der Waals surface area (Å²) in [7, 11) is 0. The number of hydrogen-bond acceptors (Lipinski definition) is 3. The van der Waals surface area contributed by atoms with Crippen molar-refractivity contribution in [2.24, 2.45) is 0 Å². The minimum Gasteiger partial charge on any atom is -0.348 e. The van der Waals surface area contributed by atoms with Crippen molar-refractivity contribution in [2.45, 2.75) is 45.0 Å². The lowest BCUT2D eigenvalue weighted by atomic mass is 9.90. The highest BCUT2D eigenvalue weighted by Gasteiger charge is 2.37. The first-order valence-corrected chi connectivity index (χ1v) is 6.34. The molecule has 1 aliphatic rings. The van der Waals surface area contributed by atoms with Crippen molar-refractivity contribution in [1.82, 2.24) is 0 Å². The second-order valence-electron chi connectivity index (χ2n) is 5.29. The van der Waals surface area contributed by atoms with E-state index in [9.17, 15) is 4.79 Å². The topological polar surface area (TPSA) is 35.5 Å². The lowest BCUT2D eigenvalue weighted by Crippen LogP contribution is -2.25. The normalized spacial score (nSPS) is 23.8. The van der Waals surface area contributed by atoms with E-state index in [1.807, 2.05) is 13.8 Å². The van der Waals surface area contributed by atoms with E-state index in [4.69, 9.17) is 9.47 Å². The van der Waals surface area contributed by atoms with Crippen LogP contribution in [-0.2, 0) is 14.3 Å². The molecule has 1 saturated heterocycles. The van der Waals surface area contributed by atoms with Crippen LogP contribution < -0.4 is 0 Å². The fraction of sp³-hybridized carbons (Fsp3) is 0.533. The van der Waals surface area contributed by atoms with Crippen LogP contribution in [0.25, 0.3) is 0 Å². The van der Waals surface area contributed by atoms with Crippen molar-refractivity contribution < 1.29 is 14.3 Å². The highest BCUT2D eigenvalue weighted by atomic mass is 16.7. The van der Waals surface area contributed by atoms with Crippen molar-refractivity contribution in [2.75, 3.05) is 6.61 Å². The minimum atomic E-state index is -0.545. The molecule has 0 spiro atoms. The maximum atomic E-state index is 10.9. The molecule has 1 fully saturated rings. The maximum Gasteiger partial charge on any atom is 0.163 e. The lowest BCUT2D eigenvalue weighted by Gasteiger charge is -2.23. The van der Waals surface area contributed by atoms with Crippen molar-refractivity contribution in [3.05, 3.63) is 35.4 Å². The molecular weight excluding hydrogens is 228 g/mol. The molecule has 0 aromatic heterocycles. The molecule has 2 atom stereocenters. The molecule has 2 unspecified atom stereocenters. The Balaban J connectivity index is 2.18. The summed E-state index contributed by atoms with van der Waals surface area (Å²) >= 11 is 0. The van der Waals surface area contributed by atoms with E-state index in [1.165, 1.54) is 5.56 Å². The van der Waals surface area contributed by atoms with E-state index in [0.29, 0.717) is 13.0 Å². The van der Waals surface area contributed by atoms with Gasteiger partial charge in [0, 0.05) is 12.3 Å². The van der Waals surface area contributed by atoms with Gasteiger partial charge in [0.2, 0.25) is 0 Å². The number of aryl methyl sites for hydroxylation is 1. The molecule has 0 radical (unpaired) electrons. The standard InChI is InChI=1S/C15H20O3/c1-11-4-6-12(7-5-11)13(8-9-16)14-10-17-15(2,3)18-14/h4-7,9,13-14H,8,10H2,1-3H3. The van der Waals surface area contributed by atoms with Crippen LogP contribution in [0, 0.1) is 6.92 Å². The predicted octanol–water partition coefficient (Wildman–Crippen LogP) is 2.82. The van der Waals surface area contributed by atoms with E-state index in [2.05, 4.69) is 31.2 Å². The van der Waals surface area contributed by atoms with Gasteiger partial charge in [0.05, 0.1) is 12.7 Å². The van der Waals surface area contributed by atoms with Crippen LogP contribution >= 0.6 is 0 Å². The first kappa shape index (κ1) is 13.2. The molecule has 18 heavy (non-hydrogen) atoms. The maximum absolute atomic E-state index is 10.9. The van der Waals surface area contributed by atoms with Gasteiger partial charge >= 0.3 is 0 Å². The van der Waals surface area contributed by atoms with Crippen LogP contribution in [0.4, 0.5) is 0 Å². The Kier molecular flexibility index (Phi) is 3.83. The highest BCUT2D eigenvalue weighted by Crippen LogP contribution is 2.33. The predicted molar refractivity (Wildman–Crippen MR) is 69.5 cm³/mol. The molecule has 1 aliphatic heterocycles. The minimum absolute atomic E-state index is 0.0482.